The van der Waals surface area contributed by atoms with Crippen molar-refractivity contribution >= 4 is 21.8 Å². The van der Waals surface area contributed by atoms with Crippen LogP contribution in [0.5, 0.6) is 0 Å². The predicted molar refractivity (Wildman–Crippen MR) is 155 cm³/mol. The molecular weight excluding hydrogens is 448 g/mol. The van der Waals surface area contributed by atoms with Gasteiger partial charge in [-0.3, -0.25) is 0 Å². The molecule has 1 unspecified atom stereocenters. The molecule has 6 aromatic rings. The third kappa shape index (κ3) is 2.65. The van der Waals surface area contributed by atoms with Crippen LogP contribution < -0.4 is 0 Å². The molecule has 2 heterocycles. The summed E-state index contributed by atoms with van der Waals surface area (Å²) in [6.45, 7) is 4.51. The summed E-state index contributed by atoms with van der Waals surface area (Å²) in [5.74, 6) is 0.334. The maximum Gasteiger partial charge on any atom is 0.0489 e. The van der Waals surface area contributed by atoms with Crippen molar-refractivity contribution in [3.05, 3.63) is 118 Å². The Bertz CT molecular complexity index is 1930. The van der Waals surface area contributed by atoms with Crippen LogP contribution in [0.15, 0.2) is 78.9 Å². The first-order valence-electron chi connectivity index (χ1n) is 13.4. The molecule has 2 nitrogen and oxygen atoms in total. The lowest BCUT2D eigenvalue weighted by Gasteiger charge is -2.19. The number of aryl methyl sites for hydroxylation is 4. The van der Waals surface area contributed by atoms with Gasteiger partial charge < -0.3 is 9.13 Å². The van der Waals surface area contributed by atoms with Crippen LogP contribution in [0.4, 0.5) is 0 Å². The molecule has 0 saturated carbocycles. The second-order valence-corrected chi connectivity index (χ2v) is 11.2. The zero-order chi connectivity index (χ0) is 25.0. The van der Waals surface area contributed by atoms with Crippen LogP contribution in [0.25, 0.3) is 44.1 Å². The summed E-state index contributed by atoms with van der Waals surface area (Å²) in [4.78, 5) is 0. The largest absolute Gasteiger partial charge is 0.347 e. The maximum absolute atomic E-state index is 2.47. The van der Waals surface area contributed by atoms with Gasteiger partial charge in [0.15, 0.2) is 0 Å². The summed E-state index contributed by atoms with van der Waals surface area (Å²) in [7, 11) is 4.51. The Morgan fingerprint density at radius 2 is 1.51 bits per heavy atom. The lowest BCUT2D eigenvalue weighted by atomic mass is 9.87. The topological polar surface area (TPSA) is 9.86 Å². The minimum atomic E-state index is 0.334. The molecule has 0 spiro atoms. The lowest BCUT2D eigenvalue weighted by Crippen LogP contribution is -2.08. The summed E-state index contributed by atoms with van der Waals surface area (Å²) in [6.07, 6.45) is 2.03. The van der Waals surface area contributed by atoms with E-state index in [2.05, 4.69) is 116 Å². The quantitative estimate of drug-likeness (QED) is 0.237. The molecule has 0 bridgehead atoms. The highest BCUT2D eigenvalue weighted by Gasteiger charge is 2.35. The summed E-state index contributed by atoms with van der Waals surface area (Å²) in [5.41, 5.74) is 18.5. The van der Waals surface area contributed by atoms with Crippen molar-refractivity contribution in [2.75, 3.05) is 0 Å². The fraction of sp³-hybridized carbons (Fsp3) is 0.200. The van der Waals surface area contributed by atoms with E-state index in [-0.39, 0.29) is 0 Å². The highest BCUT2D eigenvalue weighted by Crippen LogP contribution is 2.52. The van der Waals surface area contributed by atoms with E-state index in [4.69, 9.17) is 0 Å². The van der Waals surface area contributed by atoms with E-state index in [1.807, 2.05) is 0 Å². The minimum Gasteiger partial charge on any atom is -0.347 e. The first-order valence-corrected chi connectivity index (χ1v) is 13.4. The van der Waals surface area contributed by atoms with Crippen molar-refractivity contribution in [2.24, 2.45) is 14.1 Å². The smallest absolute Gasteiger partial charge is 0.0489 e. The molecule has 2 aliphatic carbocycles. The first kappa shape index (κ1) is 21.1. The van der Waals surface area contributed by atoms with Crippen LogP contribution in [0.2, 0.25) is 0 Å². The number of aromatic nitrogens is 2. The van der Waals surface area contributed by atoms with Gasteiger partial charge in [0.2, 0.25) is 0 Å². The molecule has 37 heavy (non-hydrogen) atoms. The number of hydrogen-bond acceptors (Lipinski definition) is 0. The van der Waals surface area contributed by atoms with Crippen LogP contribution in [-0.2, 0) is 26.9 Å². The van der Waals surface area contributed by atoms with Crippen LogP contribution in [0.1, 0.15) is 45.1 Å². The number of fused-ring (bicyclic) bond motifs is 10. The summed E-state index contributed by atoms with van der Waals surface area (Å²) >= 11 is 0. The van der Waals surface area contributed by atoms with Crippen LogP contribution in [0.3, 0.4) is 0 Å². The van der Waals surface area contributed by atoms with E-state index in [0.717, 1.165) is 12.8 Å². The second-order valence-electron chi connectivity index (χ2n) is 11.2. The monoisotopic (exact) mass is 478 g/mol. The normalized spacial score (nSPS) is 15.3. The van der Waals surface area contributed by atoms with Gasteiger partial charge in [-0.25, -0.2) is 0 Å². The molecule has 0 aliphatic heterocycles. The predicted octanol–water partition coefficient (Wildman–Crippen LogP) is 8.21. The molecular formula is C35H30N2. The van der Waals surface area contributed by atoms with E-state index in [1.165, 1.54) is 83.3 Å². The fourth-order valence-electron chi connectivity index (χ4n) is 7.47. The number of rotatable bonds is 2. The third-order valence-corrected chi connectivity index (χ3v) is 9.22. The van der Waals surface area contributed by atoms with Crippen LogP contribution in [0, 0.1) is 13.8 Å². The summed E-state index contributed by atoms with van der Waals surface area (Å²) in [5, 5.41) is 2.85. The van der Waals surface area contributed by atoms with E-state index < -0.39 is 0 Å². The van der Waals surface area contributed by atoms with Crippen molar-refractivity contribution in [3.8, 4) is 22.3 Å². The molecule has 1 atom stereocenters. The van der Waals surface area contributed by atoms with Crippen molar-refractivity contribution in [1.29, 1.82) is 0 Å². The van der Waals surface area contributed by atoms with Gasteiger partial charge in [0.1, 0.15) is 0 Å². The number of nitrogens with zero attached hydrogens (tertiary/aromatic N) is 2. The van der Waals surface area contributed by atoms with Gasteiger partial charge in [0, 0.05) is 70.8 Å². The molecule has 0 fully saturated rings. The van der Waals surface area contributed by atoms with Crippen molar-refractivity contribution < 1.29 is 0 Å². The SMILES string of the molecule is Cc1ccc2c(c1)c1c(n2C)C(Cc2c(C)ccc3c2c2c(n3C)Cc3ccccc3-2)c2ccccc2-1. The number of benzene rings is 4. The van der Waals surface area contributed by atoms with E-state index in [9.17, 15) is 0 Å². The van der Waals surface area contributed by atoms with Gasteiger partial charge in [-0.15, -0.1) is 0 Å². The molecule has 2 aliphatic rings. The highest BCUT2D eigenvalue weighted by atomic mass is 15.0. The molecule has 0 radical (unpaired) electrons. The van der Waals surface area contributed by atoms with Gasteiger partial charge in [-0.1, -0.05) is 66.2 Å². The maximum atomic E-state index is 2.47. The molecule has 0 amide bonds. The van der Waals surface area contributed by atoms with Gasteiger partial charge in [0.05, 0.1) is 0 Å². The molecule has 2 heteroatoms. The summed E-state index contributed by atoms with van der Waals surface area (Å²) < 4.78 is 4.91. The Balaban J connectivity index is 1.40. The Labute approximate surface area is 217 Å². The van der Waals surface area contributed by atoms with Crippen molar-refractivity contribution in [3.63, 3.8) is 0 Å². The highest BCUT2D eigenvalue weighted by molar-refractivity contribution is 6.05. The minimum absolute atomic E-state index is 0.334. The Morgan fingerprint density at radius 3 is 2.38 bits per heavy atom. The van der Waals surface area contributed by atoms with Crippen molar-refractivity contribution in [2.45, 2.75) is 32.6 Å². The Kier molecular flexibility index (Phi) is 4.14. The molecule has 180 valence electrons. The number of hydrogen-bond donors (Lipinski definition) is 0. The zero-order valence-electron chi connectivity index (χ0n) is 21.9. The second kappa shape index (κ2) is 7.26. The molecule has 4 aromatic carbocycles. The fourth-order valence-corrected chi connectivity index (χ4v) is 7.47. The average molecular weight is 479 g/mol. The third-order valence-electron chi connectivity index (χ3n) is 9.22. The molecule has 0 N–H and O–H groups in total. The van der Waals surface area contributed by atoms with Crippen LogP contribution in [-0.4, -0.2) is 9.13 Å². The van der Waals surface area contributed by atoms with Gasteiger partial charge in [-0.2, -0.15) is 0 Å². The van der Waals surface area contributed by atoms with Gasteiger partial charge >= 0.3 is 0 Å². The standard InChI is InChI=1S/C35H30N2/c1-20-13-15-29-28(17-20)32-25-12-8-7-11-24(25)27(35(32)37(29)4)19-26-21(2)14-16-30-34(26)33-23-10-6-5-9-22(23)18-31(33)36(30)3/h5-17,27H,18-19H2,1-4H3. The van der Waals surface area contributed by atoms with E-state index in [1.54, 1.807) is 0 Å². The van der Waals surface area contributed by atoms with Crippen LogP contribution >= 0.6 is 0 Å². The first-order chi connectivity index (χ1) is 18.0. The zero-order valence-corrected chi connectivity index (χ0v) is 21.9. The van der Waals surface area contributed by atoms with Crippen molar-refractivity contribution in [1.82, 2.24) is 9.13 Å². The summed E-state index contributed by atoms with van der Waals surface area (Å²) in [6, 6.07) is 29.7. The van der Waals surface area contributed by atoms with Gasteiger partial charge in [-0.05, 0) is 71.8 Å². The van der Waals surface area contributed by atoms with E-state index in [0.29, 0.717) is 5.92 Å². The average Bonchev–Trinajstić information content (AvgIpc) is 3.60. The van der Waals surface area contributed by atoms with Gasteiger partial charge in [0.25, 0.3) is 0 Å². The lowest BCUT2D eigenvalue weighted by molar-refractivity contribution is 0.744. The molecule has 2 aromatic heterocycles. The molecule has 8 rings (SSSR count). The molecule has 0 saturated heterocycles. The Hall–Kier alpha value is -4.04. The van der Waals surface area contributed by atoms with E-state index >= 15 is 0 Å². The Morgan fingerprint density at radius 1 is 0.757 bits per heavy atom.